The maximum absolute atomic E-state index is 12.7. The van der Waals surface area contributed by atoms with Crippen molar-refractivity contribution in [1.82, 2.24) is 0 Å². The first kappa shape index (κ1) is 28.6. The molecule has 0 bridgehead atoms. The molecule has 1 aromatic carbocycles. The van der Waals surface area contributed by atoms with Gasteiger partial charge in [-0.1, -0.05) is 52.4 Å². The third-order valence-electron chi connectivity index (χ3n) is 5.19. The molecule has 0 aliphatic heterocycles. The summed E-state index contributed by atoms with van der Waals surface area (Å²) in [5.74, 6) is -2.15. The quantitative estimate of drug-likeness (QED) is 0.245. The number of halogens is 1. The van der Waals surface area contributed by atoms with Gasteiger partial charge in [0.1, 0.15) is 11.2 Å². The van der Waals surface area contributed by atoms with Crippen LogP contribution in [0.2, 0.25) is 0 Å². The van der Waals surface area contributed by atoms with Crippen LogP contribution in [0.1, 0.15) is 59.4 Å². The van der Waals surface area contributed by atoms with Crippen LogP contribution in [0.4, 0.5) is 0 Å². The number of carbonyl (C=O) groups excluding carboxylic acids is 3. The zero-order valence-electron chi connectivity index (χ0n) is 21.5. The van der Waals surface area contributed by atoms with Crippen molar-refractivity contribution in [2.24, 2.45) is 11.8 Å². The summed E-state index contributed by atoms with van der Waals surface area (Å²) < 4.78 is 16.7. The number of carbonyl (C=O) groups is 3. The van der Waals surface area contributed by atoms with Gasteiger partial charge in [-0.15, -0.1) is 0 Å². The Balaban J connectivity index is 2.48. The third-order valence-corrected chi connectivity index (χ3v) is 5.91. The van der Waals surface area contributed by atoms with Gasteiger partial charge < -0.3 is 14.2 Å². The van der Waals surface area contributed by atoms with E-state index in [-0.39, 0.29) is 11.8 Å². The molecule has 6 nitrogen and oxygen atoms in total. The van der Waals surface area contributed by atoms with Crippen molar-refractivity contribution < 1.29 is 28.6 Å². The van der Waals surface area contributed by atoms with Crippen molar-refractivity contribution in [1.29, 1.82) is 0 Å². The van der Waals surface area contributed by atoms with Crippen molar-refractivity contribution in [2.45, 2.75) is 65.1 Å². The lowest BCUT2D eigenvalue weighted by molar-refractivity contribution is -0.149. The summed E-state index contributed by atoms with van der Waals surface area (Å²) in [5.41, 5.74) is 0.197. The van der Waals surface area contributed by atoms with Crippen molar-refractivity contribution >= 4 is 33.8 Å². The molecule has 0 spiro atoms. The summed E-state index contributed by atoms with van der Waals surface area (Å²) in [6, 6.07) is 7.75. The minimum absolute atomic E-state index is 0.150. The van der Waals surface area contributed by atoms with E-state index < -0.39 is 35.0 Å². The lowest BCUT2D eigenvalue weighted by Crippen LogP contribution is -2.27. The fourth-order valence-electron chi connectivity index (χ4n) is 3.86. The maximum atomic E-state index is 12.7. The molecule has 0 saturated carbocycles. The van der Waals surface area contributed by atoms with E-state index in [1.807, 2.05) is 57.2 Å². The van der Waals surface area contributed by atoms with Crippen molar-refractivity contribution in [3.63, 3.8) is 0 Å². The van der Waals surface area contributed by atoms with Gasteiger partial charge in [-0.05, 0) is 65.5 Å². The Morgan fingerprint density at radius 3 is 1.97 bits per heavy atom. The molecule has 0 N–H and O–H groups in total. The Bertz CT molecular complexity index is 1020. The van der Waals surface area contributed by atoms with Gasteiger partial charge in [0.2, 0.25) is 0 Å². The topological polar surface area (TPSA) is 78.9 Å². The first-order valence-corrected chi connectivity index (χ1v) is 12.4. The van der Waals surface area contributed by atoms with E-state index in [1.54, 1.807) is 26.8 Å². The van der Waals surface area contributed by atoms with Crippen LogP contribution < -0.4 is 0 Å². The van der Waals surface area contributed by atoms with Gasteiger partial charge in [-0.25, -0.2) is 14.4 Å². The van der Waals surface area contributed by atoms with Crippen LogP contribution in [-0.2, 0) is 28.6 Å². The minimum Gasteiger partial charge on any atom is -0.466 e. The first-order valence-electron chi connectivity index (χ1n) is 11.6. The zero-order chi connectivity index (χ0) is 26.4. The molecule has 0 heterocycles. The highest BCUT2D eigenvalue weighted by molar-refractivity contribution is 9.10. The Kier molecular flexibility index (Phi) is 9.67. The van der Waals surface area contributed by atoms with Gasteiger partial charge in [0, 0.05) is 34.0 Å². The molecule has 0 unspecified atom stereocenters. The molecule has 35 heavy (non-hydrogen) atoms. The largest absolute Gasteiger partial charge is 0.466 e. The molecule has 0 aromatic heterocycles. The van der Waals surface area contributed by atoms with Crippen molar-refractivity contribution in [3.05, 3.63) is 70.3 Å². The molecule has 1 aliphatic carbocycles. The second-order valence-corrected chi connectivity index (χ2v) is 11.3. The van der Waals surface area contributed by atoms with Crippen LogP contribution in [0.25, 0.3) is 0 Å². The Labute approximate surface area is 216 Å². The molecular weight excluding hydrogens is 512 g/mol. The standard InChI is InChI=1S/C28H35BrO6/c1-27(2,3)34-24(30)14-12-18-16-19(13-15-25(31)35-28(4,5)6)22(26(32)33-7)17-21(18)20-10-8-9-11-23(20)29/h8-15,17-19,21H,16H2,1-7H3/b14-12+,15-13+/t18-,19+,21+/m1/s1. The number of hydrogen-bond acceptors (Lipinski definition) is 6. The van der Waals surface area contributed by atoms with Crippen molar-refractivity contribution in [3.8, 4) is 0 Å². The van der Waals surface area contributed by atoms with Gasteiger partial charge in [0.05, 0.1) is 7.11 Å². The van der Waals surface area contributed by atoms with E-state index in [4.69, 9.17) is 14.2 Å². The molecule has 0 amide bonds. The monoisotopic (exact) mass is 546 g/mol. The lowest BCUT2D eigenvalue weighted by Gasteiger charge is -2.33. The summed E-state index contributed by atoms with van der Waals surface area (Å²) >= 11 is 3.61. The van der Waals surface area contributed by atoms with Crippen LogP contribution in [0.15, 0.2) is 64.7 Å². The van der Waals surface area contributed by atoms with Gasteiger partial charge in [0.25, 0.3) is 0 Å². The summed E-state index contributed by atoms with van der Waals surface area (Å²) in [6.45, 7) is 10.8. The Morgan fingerprint density at radius 2 is 1.46 bits per heavy atom. The van der Waals surface area contributed by atoms with Crippen LogP contribution in [0, 0.1) is 11.8 Å². The number of rotatable bonds is 6. The lowest BCUT2D eigenvalue weighted by atomic mass is 9.72. The summed E-state index contributed by atoms with van der Waals surface area (Å²) in [4.78, 5) is 37.4. The van der Waals surface area contributed by atoms with E-state index in [0.717, 1.165) is 10.0 Å². The molecule has 7 heteroatoms. The Morgan fingerprint density at radius 1 is 0.914 bits per heavy atom. The molecule has 0 saturated heterocycles. The number of hydrogen-bond donors (Lipinski definition) is 0. The average Bonchev–Trinajstić information content (AvgIpc) is 2.73. The normalized spacial score (nSPS) is 21.0. The fourth-order valence-corrected chi connectivity index (χ4v) is 4.41. The first-order chi connectivity index (χ1) is 16.2. The van der Waals surface area contributed by atoms with Crippen LogP contribution in [-0.4, -0.2) is 36.2 Å². The van der Waals surface area contributed by atoms with Gasteiger partial charge in [-0.3, -0.25) is 0 Å². The summed E-state index contributed by atoms with van der Waals surface area (Å²) in [7, 11) is 1.33. The van der Waals surface area contributed by atoms with Crippen LogP contribution in [0.3, 0.4) is 0 Å². The molecule has 2 rings (SSSR count). The fraction of sp³-hybridized carbons (Fsp3) is 0.464. The van der Waals surface area contributed by atoms with E-state index in [1.165, 1.54) is 19.3 Å². The van der Waals surface area contributed by atoms with Gasteiger partial charge in [0.15, 0.2) is 0 Å². The van der Waals surface area contributed by atoms with E-state index in [9.17, 15) is 14.4 Å². The molecule has 3 atom stereocenters. The highest BCUT2D eigenvalue weighted by Crippen LogP contribution is 2.43. The number of allylic oxidation sites excluding steroid dienone is 3. The highest BCUT2D eigenvalue weighted by Gasteiger charge is 2.34. The van der Waals surface area contributed by atoms with E-state index in [2.05, 4.69) is 15.9 Å². The second kappa shape index (κ2) is 11.8. The minimum atomic E-state index is -0.627. The number of benzene rings is 1. The SMILES string of the molecule is COC(=O)C1=C[C@H](c2ccccc2Br)[C@H](/C=C/C(=O)OC(C)(C)C)C[C@@H]1/C=C/C(=O)OC(C)(C)C. The molecule has 1 aliphatic rings. The molecule has 0 radical (unpaired) electrons. The van der Waals surface area contributed by atoms with Gasteiger partial charge >= 0.3 is 17.9 Å². The molecule has 1 aromatic rings. The molecule has 190 valence electrons. The predicted molar refractivity (Wildman–Crippen MR) is 139 cm³/mol. The number of methoxy groups -OCH3 is 1. The maximum Gasteiger partial charge on any atom is 0.334 e. The van der Waals surface area contributed by atoms with E-state index in [0.29, 0.717) is 12.0 Å². The molecular formula is C28H35BrO6. The van der Waals surface area contributed by atoms with Crippen LogP contribution in [0.5, 0.6) is 0 Å². The Hall–Kier alpha value is -2.67. The summed E-state index contributed by atoms with van der Waals surface area (Å²) in [6.07, 6.45) is 8.61. The van der Waals surface area contributed by atoms with E-state index >= 15 is 0 Å². The third kappa shape index (κ3) is 9.13. The summed E-state index contributed by atoms with van der Waals surface area (Å²) in [5, 5.41) is 0. The zero-order valence-corrected chi connectivity index (χ0v) is 23.0. The predicted octanol–water partition coefficient (Wildman–Crippen LogP) is 6.06. The smallest absolute Gasteiger partial charge is 0.334 e. The molecule has 0 fully saturated rings. The second-order valence-electron chi connectivity index (χ2n) is 10.5. The number of esters is 3. The number of ether oxygens (including phenoxy) is 3. The van der Waals surface area contributed by atoms with Crippen molar-refractivity contribution in [2.75, 3.05) is 7.11 Å². The average molecular weight is 547 g/mol. The van der Waals surface area contributed by atoms with Crippen LogP contribution >= 0.6 is 15.9 Å². The highest BCUT2D eigenvalue weighted by atomic mass is 79.9. The van der Waals surface area contributed by atoms with Gasteiger partial charge in [-0.2, -0.15) is 0 Å².